The van der Waals surface area contributed by atoms with Crippen molar-refractivity contribution in [3.63, 3.8) is 0 Å². The molecule has 0 atom stereocenters. The highest BCUT2D eigenvalue weighted by Crippen LogP contribution is 2.23. The third-order valence-electron chi connectivity index (χ3n) is 3.52. The van der Waals surface area contributed by atoms with Crippen LogP contribution in [0.3, 0.4) is 0 Å². The highest BCUT2D eigenvalue weighted by atomic mass is 35.5. The zero-order valence-electron chi connectivity index (χ0n) is 12.4. The first kappa shape index (κ1) is 14.7. The second-order valence-electron chi connectivity index (χ2n) is 5.00. The predicted molar refractivity (Wildman–Crippen MR) is 89.1 cm³/mol. The largest absolute Gasteiger partial charge is 0.489 e. The van der Waals surface area contributed by atoms with Crippen molar-refractivity contribution < 1.29 is 4.74 Å². The molecule has 1 heterocycles. The van der Waals surface area contributed by atoms with E-state index in [1.165, 1.54) is 0 Å². The van der Waals surface area contributed by atoms with E-state index in [9.17, 15) is 0 Å². The van der Waals surface area contributed by atoms with Gasteiger partial charge in [-0.3, -0.25) is 0 Å². The van der Waals surface area contributed by atoms with E-state index in [0.29, 0.717) is 6.61 Å². The Kier molecular flexibility index (Phi) is 4.45. The average molecular weight is 313 g/mol. The van der Waals surface area contributed by atoms with Crippen LogP contribution in [0.4, 0.5) is 0 Å². The lowest BCUT2D eigenvalue weighted by Gasteiger charge is -2.08. The van der Waals surface area contributed by atoms with E-state index in [-0.39, 0.29) is 0 Å². The fourth-order valence-corrected chi connectivity index (χ4v) is 2.41. The molecule has 0 aliphatic carbocycles. The number of halogens is 1. The molecule has 1 aromatic heterocycles. The molecule has 0 fully saturated rings. The minimum absolute atomic E-state index is 0.531. The first-order valence-electron chi connectivity index (χ1n) is 7.24. The van der Waals surface area contributed by atoms with Gasteiger partial charge in [0, 0.05) is 17.1 Å². The maximum absolute atomic E-state index is 5.87. The lowest BCUT2D eigenvalue weighted by molar-refractivity contribution is 0.306. The number of benzene rings is 2. The number of rotatable bonds is 5. The maximum Gasteiger partial charge on any atom is 0.119 e. The third kappa shape index (κ3) is 3.31. The second-order valence-corrected chi connectivity index (χ2v) is 5.44. The Morgan fingerprint density at radius 3 is 2.45 bits per heavy atom. The van der Waals surface area contributed by atoms with Gasteiger partial charge in [-0.05, 0) is 48.9 Å². The summed E-state index contributed by atoms with van der Waals surface area (Å²) in [6, 6.07) is 15.8. The van der Waals surface area contributed by atoms with E-state index in [1.54, 1.807) is 0 Å². The number of imidazole rings is 1. The lowest BCUT2D eigenvalue weighted by atomic mass is 10.1. The van der Waals surface area contributed by atoms with Crippen LogP contribution in [0.5, 0.6) is 5.75 Å². The highest BCUT2D eigenvalue weighted by molar-refractivity contribution is 6.30. The predicted octanol–water partition coefficient (Wildman–Crippen LogP) is 4.80. The van der Waals surface area contributed by atoms with Crippen LogP contribution in [0.1, 0.15) is 12.5 Å². The number of hydrogen-bond donors (Lipinski definition) is 0. The van der Waals surface area contributed by atoms with Crippen LogP contribution in [0.15, 0.2) is 61.1 Å². The standard InChI is InChI=1S/C18H17ClN2O/c1-2-21-13-20-11-18(21)15-5-9-17(10-6-15)22-12-14-3-7-16(19)8-4-14/h3-11,13H,2,12H2,1H3. The minimum Gasteiger partial charge on any atom is -0.489 e. The van der Waals surface area contributed by atoms with Crippen LogP contribution < -0.4 is 4.74 Å². The zero-order chi connectivity index (χ0) is 15.4. The van der Waals surface area contributed by atoms with Crippen LogP contribution in [-0.2, 0) is 13.2 Å². The molecule has 0 N–H and O–H groups in total. The molecule has 2 aromatic carbocycles. The normalized spacial score (nSPS) is 10.6. The molecule has 3 aromatic rings. The second kappa shape index (κ2) is 6.67. The van der Waals surface area contributed by atoms with Crippen molar-refractivity contribution in [2.75, 3.05) is 0 Å². The van der Waals surface area contributed by atoms with Crippen LogP contribution in [0.25, 0.3) is 11.3 Å². The molecule has 0 radical (unpaired) electrons. The Morgan fingerprint density at radius 1 is 1.05 bits per heavy atom. The van der Waals surface area contributed by atoms with Crippen LogP contribution in [0, 0.1) is 0 Å². The van der Waals surface area contributed by atoms with E-state index >= 15 is 0 Å². The van der Waals surface area contributed by atoms with Gasteiger partial charge in [0.05, 0.1) is 18.2 Å². The van der Waals surface area contributed by atoms with Crippen molar-refractivity contribution in [3.05, 3.63) is 71.6 Å². The molecule has 0 spiro atoms. The molecule has 0 aliphatic heterocycles. The Hall–Kier alpha value is -2.26. The molecule has 0 amide bonds. The quantitative estimate of drug-likeness (QED) is 0.676. The Bertz CT molecular complexity index is 733. The van der Waals surface area contributed by atoms with Crippen LogP contribution in [0.2, 0.25) is 5.02 Å². The van der Waals surface area contributed by atoms with E-state index < -0.39 is 0 Å². The minimum atomic E-state index is 0.531. The molecule has 0 unspecified atom stereocenters. The summed E-state index contributed by atoms with van der Waals surface area (Å²) in [6.45, 7) is 3.54. The number of aryl methyl sites for hydroxylation is 1. The fraction of sp³-hybridized carbons (Fsp3) is 0.167. The molecule has 3 rings (SSSR count). The van der Waals surface area contributed by atoms with Crippen LogP contribution in [-0.4, -0.2) is 9.55 Å². The Labute approximate surface area is 135 Å². The Balaban J connectivity index is 1.68. The molecule has 4 heteroatoms. The summed E-state index contributed by atoms with van der Waals surface area (Å²) in [7, 11) is 0. The summed E-state index contributed by atoms with van der Waals surface area (Å²) in [5, 5.41) is 0.737. The first-order valence-corrected chi connectivity index (χ1v) is 7.62. The summed E-state index contributed by atoms with van der Waals surface area (Å²) in [5.74, 6) is 0.848. The molecule has 0 aliphatic rings. The van der Waals surface area contributed by atoms with Crippen molar-refractivity contribution >= 4 is 11.6 Å². The van der Waals surface area contributed by atoms with Crippen molar-refractivity contribution in [3.8, 4) is 17.0 Å². The molecule has 3 nitrogen and oxygen atoms in total. The van der Waals surface area contributed by atoms with Gasteiger partial charge in [-0.1, -0.05) is 23.7 Å². The van der Waals surface area contributed by atoms with Crippen molar-refractivity contribution in [1.82, 2.24) is 9.55 Å². The monoisotopic (exact) mass is 312 g/mol. The van der Waals surface area contributed by atoms with Crippen molar-refractivity contribution in [1.29, 1.82) is 0 Å². The first-order chi connectivity index (χ1) is 10.8. The number of aromatic nitrogens is 2. The van der Waals surface area contributed by atoms with E-state index in [2.05, 4.69) is 28.6 Å². The molecule has 0 saturated heterocycles. The molecule has 22 heavy (non-hydrogen) atoms. The summed E-state index contributed by atoms with van der Waals surface area (Å²) in [5.41, 5.74) is 3.35. The summed E-state index contributed by atoms with van der Waals surface area (Å²) < 4.78 is 7.91. The van der Waals surface area contributed by atoms with Gasteiger partial charge in [0.1, 0.15) is 12.4 Å². The maximum atomic E-state index is 5.87. The molecule has 112 valence electrons. The van der Waals surface area contributed by atoms with Gasteiger partial charge in [-0.2, -0.15) is 0 Å². The van der Waals surface area contributed by atoms with E-state index in [1.807, 2.05) is 48.9 Å². The topological polar surface area (TPSA) is 27.1 Å². The van der Waals surface area contributed by atoms with Crippen LogP contribution >= 0.6 is 11.6 Å². The molecular weight excluding hydrogens is 296 g/mol. The number of ether oxygens (including phenoxy) is 1. The molecule has 0 bridgehead atoms. The summed E-state index contributed by atoms with van der Waals surface area (Å²) in [6.07, 6.45) is 3.73. The van der Waals surface area contributed by atoms with Crippen molar-refractivity contribution in [2.24, 2.45) is 0 Å². The van der Waals surface area contributed by atoms with Gasteiger partial charge in [0.15, 0.2) is 0 Å². The van der Waals surface area contributed by atoms with Gasteiger partial charge in [0.2, 0.25) is 0 Å². The number of nitrogens with zero attached hydrogens (tertiary/aromatic N) is 2. The van der Waals surface area contributed by atoms with Crippen molar-refractivity contribution in [2.45, 2.75) is 20.1 Å². The third-order valence-corrected chi connectivity index (χ3v) is 3.77. The number of hydrogen-bond acceptors (Lipinski definition) is 2. The summed E-state index contributed by atoms with van der Waals surface area (Å²) >= 11 is 5.87. The molecular formula is C18H17ClN2O. The highest BCUT2D eigenvalue weighted by Gasteiger charge is 2.04. The fourth-order valence-electron chi connectivity index (χ4n) is 2.28. The molecule has 0 saturated carbocycles. The van der Waals surface area contributed by atoms with E-state index in [4.69, 9.17) is 16.3 Å². The van der Waals surface area contributed by atoms with Gasteiger partial charge in [-0.25, -0.2) is 4.98 Å². The average Bonchev–Trinajstić information content (AvgIpc) is 3.03. The SMILES string of the molecule is CCn1cncc1-c1ccc(OCc2ccc(Cl)cc2)cc1. The van der Waals surface area contributed by atoms with E-state index in [0.717, 1.165) is 34.1 Å². The van der Waals surface area contributed by atoms with Gasteiger partial charge in [0.25, 0.3) is 0 Å². The van der Waals surface area contributed by atoms with Gasteiger partial charge >= 0.3 is 0 Å². The zero-order valence-corrected chi connectivity index (χ0v) is 13.1. The smallest absolute Gasteiger partial charge is 0.119 e. The van der Waals surface area contributed by atoms with Gasteiger partial charge in [-0.15, -0.1) is 0 Å². The lowest BCUT2D eigenvalue weighted by Crippen LogP contribution is -1.96. The van der Waals surface area contributed by atoms with Gasteiger partial charge < -0.3 is 9.30 Å². The Morgan fingerprint density at radius 2 is 1.77 bits per heavy atom. The summed E-state index contributed by atoms with van der Waals surface area (Å²) in [4.78, 5) is 4.20.